The van der Waals surface area contributed by atoms with E-state index in [9.17, 15) is 4.79 Å². The first-order valence-corrected chi connectivity index (χ1v) is 7.83. The number of hydrogen-bond donors (Lipinski definition) is 1. The van der Waals surface area contributed by atoms with Crippen molar-refractivity contribution in [3.05, 3.63) is 53.0 Å². The molecule has 0 aliphatic carbocycles. The molecule has 1 atom stereocenters. The lowest BCUT2D eigenvalue weighted by Crippen LogP contribution is -2.30. The molecule has 22 heavy (non-hydrogen) atoms. The summed E-state index contributed by atoms with van der Waals surface area (Å²) in [5.41, 5.74) is 0.683. The van der Waals surface area contributed by atoms with Gasteiger partial charge in [0.15, 0.2) is 6.10 Å². The predicted molar refractivity (Wildman–Crippen MR) is 90.5 cm³/mol. The molecule has 0 heterocycles. The van der Waals surface area contributed by atoms with E-state index in [1.165, 1.54) is 0 Å². The molecule has 2 aromatic rings. The average Bonchev–Trinajstić information content (AvgIpc) is 2.50. The van der Waals surface area contributed by atoms with Crippen LogP contribution in [0.1, 0.15) is 13.8 Å². The lowest BCUT2D eigenvalue weighted by Gasteiger charge is -2.15. The number of ether oxygens (including phenoxy) is 2. The zero-order valence-electron chi connectivity index (χ0n) is 12.5. The van der Waals surface area contributed by atoms with E-state index >= 15 is 0 Å². The molecule has 0 unspecified atom stereocenters. The van der Waals surface area contributed by atoms with Gasteiger partial charge in [-0.2, -0.15) is 0 Å². The van der Waals surface area contributed by atoms with Crippen LogP contribution in [-0.4, -0.2) is 18.6 Å². The SMILES string of the molecule is CCOc1cccc(NC(=O)[C@H](C)Oc2ccc(Br)cc2)c1. The van der Waals surface area contributed by atoms with E-state index in [0.29, 0.717) is 18.0 Å². The number of halogens is 1. The van der Waals surface area contributed by atoms with Crippen molar-refractivity contribution < 1.29 is 14.3 Å². The topological polar surface area (TPSA) is 47.6 Å². The van der Waals surface area contributed by atoms with Gasteiger partial charge in [-0.15, -0.1) is 0 Å². The molecule has 0 fully saturated rings. The molecule has 0 aliphatic rings. The van der Waals surface area contributed by atoms with E-state index in [2.05, 4.69) is 21.2 Å². The molecule has 2 rings (SSSR count). The highest BCUT2D eigenvalue weighted by molar-refractivity contribution is 9.10. The van der Waals surface area contributed by atoms with Crippen molar-refractivity contribution in [2.45, 2.75) is 20.0 Å². The van der Waals surface area contributed by atoms with E-state index in [1.807, 2.05) is 49.4 Å². The second-order valence-corrected chi connectivity index (χ2v) is 5.58. The van der Waals surface area contributed by atoms with E-state index < -0.39 is 6.10 Å². The fourth-order valence-corrected chi connectivity index (χ4v) is 2.11. The Morgan fingerprint density at radius 1 is 1.18 bits per heavy atom. The van der Waals surface area contributed by atoms with Crippen LogP contribution in [0.3, 0.4) is 0 Å². The minimum absolute atomic E-state index is 0.212. The fraction of sp³-hybridized carbons (Fsp3) is 0.235. The van der Waals surface area contributed by atoms with Crippen LogP contribution >= 0.6 is 15.9 Å². The summed E-state index contributed by atoms with van der Waals surface area (Å²) in [5, 5.41) is 2.82. The number of hydrogen-bond acceptors (Lipinski definition) is 3. The maximum atomic E-state index is 12.2. The van der Waals surface area contributed by atoms with Crippen LogP contribution in [0.25, 0.3) is 0 Å². The van der Waals surface area contributed by atoms with Crippen LogP contribution in [0.15, 0.2) is 53.0 Å². The van der Waals surface area contributed by atoms with Gasteiger partial charge in [0.2, 0.25) is 0 Å². The highest BCUT2D eigenvalue weighted by Gasteiger charge is 2.15. The summed E-state index contributed by atoms with van der Waals surface area (Å²) in [4.78, 5) is 12.2. The molecule has 0 spiro atoms. The van der Waals surface area contributed by atoms with Gasteiger partial charge in [0.05, 0.1) is 6.61 Å². The van der Waals surface area contributed by atoms with Crippen molar-refractivity contribution in [3.63, 3.8) is 0 Å². The molecule has 0 radical (unpaired) electrons. The Hall–Kier alpha value is -2.01. The quantitative estimate of drug-likeness (QED) is 0.834. The third-order valence-corrected chi connectivity index (χ3v) is 3.44. The van der Waals surface area contributed by atoms with Gasteiger partial charge in [-0.1, -0.05) is 22.0 Å². The molecular weight excluding hydrogens is 346 g/mol. The van der Waals surface area contributed by atoms with Crippen molar-refractivity contribution in [1.82, 2.24) is 0 Å². The summed E-state index contributed by atoms with van der Waals surface area (Å²) in [6.45, 7) is 4.21. The zero-order chi connectivity index (χ0) is 15.9. The van der Waals surface area contributed by atoms with Gasteiger partial charge in [-0.3, -0.25) is 4.79 Å². The maximum Gasteiger partial charge on any atom is 0.265 e. The first-order chi connectivity index (χ1) is 10.6. The standard InChI is InChI=1S/C17H18BrNO3/c1-3-21-16-6-4-5-14(11-16)19-17(20)12(2)22-15-9-7-13(18)8-10-15/h4-12H,3H2,1-2H3,(H,19,20)/t12-/m0/s1. The Morgan fingerprint density at radius 2 is 1.91 bits per heavy atom. The third-order valence-electron chi connectivity index (χ3n) is 2.91. The van der Waals surface area contributed by atoms with Crippen LogP contribution in [0.4, 0.5) is 5.69 Å². The van der Waals surface area contributed by atoms with E-state index in [0.717, 1.165) is 10.2 Å². The second kappa shape index (κ2) is 7.84. The minimum Gasteiger partial charge on any atom is -0.494 e. The molecule has 0 aromatic heterocycles. The average molecular weight is 364 g/mol. The van der Waals surface area contributed by atoms with Crippen molar-refractivity contribution >= 4 is 27.5 Å². The van der Waals surface area contributed by atoms with E-state index in [4.69, 9.17) is 9.47 Å². The summed E-state index contributed by atoms with van der Waals surface area (Å²) < 4.78 is 12.0. The van der Waals surface area contributed by atoms with Crippen LogP contribution < -0.4 is 14.8 Å². The number of amides is 1. The van der Waals surface area contributed by atoms with Crippen LogP contribution in [0, 0.1) is 0 Å². The summed E-state index contributed by atoms with van der Waals surface area (Å²) in [5.74, 6) is 1.16. The molecule has 2 aromatic carbocycles. The van der Waals surface area contributed by atoms with Gasteiger partial charge in [-0.05, 0) is 50.2 Å². The van der Waals surface area contributed by atoms with E-state index in [-0.39, 0.29) is 5.91 Å². The smallest absolute Gasteiger partial charge is 0.265 e. The summed E-state index contributed by atoms with van der Waals surface area (Å²) >= 11 is 3.36. The Morgan fingerprint density at radius 3 is 2.59 bits per heavy atom. The number of carbonyl (C=O) groups excluding carboxylic acids is 1. The lowest BCUT2D eigenvalue weighted by atomic mass is 10.2. The summed E-state index contributed by atoms with van der Waals surface area (Å²) in [6, 6.07) is 14.6. The monoisotopic (exact) mass is 363 g/mol. The van der Waals surface area contributed by atoms with Crippen molar-refractivity contribution in [2.24, 2.45) is 0 Å². The van der Waals surface area contributed by atoms with Gasteiger partial charge in [0.1, 0.15) is 11.5 Å². The van der Waals surface area contributed by atoms with Gasteiger partial charge >= 0.3 is 0 Å². The third kappa shape index (κ3) is 4.77. The fourth-order valence-electron chi connectivity index (χ4n) is 1.85. The van der Waals surface area contributed by atoms with Gasteiger partial charge in [0.25, 0.3) is 5.91 Å². The molecule has 5 heteroatoms. The summed E-state index contributed by atoms with van der Waals surface area (Å²) in [7, 11) is 0. The van der Waals surface area contributed by atoms with Crippen LogP contribution in [0.2, 0.25) is 0 Å². The lowest BCUT2D eigenvalue weighted by molar-refractivity contribution is -0.122. The minimum atomic E-state index is -0.600. The van der Waals surface area contributed by atoms with Crippen molar-refractivity contribution in [2.75, 3.05) is 11.9 Å². The Bertz CT molecular complexity index is 628. The highest BCUT2D eigenvalue weighted by atomic mass is 79.9. The number of rotatable bonds is 6. The number of benzene rings is 2. The number of anilines is 1. The molecule has 116 valence electrons. The van der Waals surface area contributed by atoms with Crippen LogP contribution in [-0.2, 0) is 4.79 Å². The zero-order valence-corrected chi connectivity index (χ0v) is 14.1. The maximum absolute atomic E-state index is 12.2. The molecule has 0 saturated carbocycles. The molecule has 0 saturated heterocycles. The van der Waals surface area contributed by atoms with Gasteiger partial charge < -0.3 is 14.8 Å². The highest BCUT2D eigenvalue weighted by Crippen LogP contribution is 2.19. The second-order valence-electron chi connectivity index (χ2n) is 4.66. The predicted octanol–water partition coefficient (Wildman–Crippen LogP) is 4.25. The van der Waals surface area contributed by atoms with Crippen molar-refractivity contribution in [3.8, 4) is 11.5 Å². The molecule has 1 N–H and O–H groups in total. The van der Waals surface area contributed by atoms with E-state index in [1.54, 1.807) is 13.0 Å². The van der Waals surface area contributed by atoms with Crippen LogP contribution in [0.5, 0.6) is 11.5 Å². The Balaban J connectivity index is 1.96. The number of nitrogens with one attached hydrogen (secondary N) is 1. The Labute approximate surface area is 138 Å². The van der Waals surface area contributed by atoms with Gasteiger partial charge in [0, 0.05) is 16.2 Å². The van der Waals surface area contributed by atoms with Crippen molar-refractivity contribution in [1.29, 1.82) is 0 Å². The normalized spacial score (nSPS) is 11.6. The van der Waals surface area contributed by atoms with Gasteiger partial charge in [-0.25, -0.2) is 0 Å². The molecule has 0 aliphatic heterocycles. The molecule has 1 amide bonds. The molecule has 4 nitrogen and oxygen atoms in total. The first kappa shape index (κ1) is 16.4. The summed E-state index contributed by atoms with van der Waals surface area (Å²) in [6.07, 6.45) is -0.600. The molecular formula is C17H18BrNO3. The number of carbonyl (C=O) groups is 1. The largest absolute Gasteiger partial charge is 0.494 e. The molecule has 0 bridgehead atoms. The first-order valence-electron chi connectivity index (χ1n) is 7.04. The Kier molecular flexibility index (Phi) is 5.83.